The maximum absolute atomic E-state index is 5.19. The Kier molecular flexibility index (Phi) is 4.54. The van der Waals surface area contributed by atoms with Crippen LogP contribution in [0.3, 0.4) is 0 Å². The van der Waals surface area contributed by atoms with Gasteiger partial charge in [-0.25, -0.2) is 0 Å². The Hall–Kier alpha value is -0.830. The fraction of sp³-hybridized carbons (Fsp3) is 0.500. The van der Waals surface area contributed by atoms with E-state index in [0.29, 0.717) is 11.7 Å². The SMILES string of the molecule is CCOC(=S)CCCc1ccco1. The molecule has 0 bridgehead atoms. The topological polar surface area (TPSA) is 22.4 Å². The zero-order valence-electron chi connectivity index (χ0n) is 7.79. The number of ether oxygens (including phenoxy) is 1. The molecule has 0 aliphatic heterocycles. The van der Waals surface area contributed by atoms with Crippen molar-refractivity contribution < 1.29 is 9.15 Å². The molecule has 0 aliphatic rings. The molecule has 0 saturated carbocycles. The highest BCUT2D eigenvalue weighted by Crippen LogP contribution is 2.06. The van der Waals surface area contributed by atoms with Crippen LogP contribution in [0.1, 0.15) is 25.5 Å². The third-order valence-corrected chi connectivity index (χ3v) is 2.01. The number of furan rings is 1. The molecule has 72 valence electrons. The molecule has 1 aromatic heterocycles. The number of hydrogen-bond donors (Lipinski definition) is 0. The zero-order chi connectivity index (χ0) is 9.52. The normalized spacial score (nSPS) is 9.92. The summed E-state index contributed by atoms with van der Waals surface area (Å²) in [4.78, 5) is 0. The van der Waals surface area contributed by atoms with Crippen LogP contribution in [0.2, 0.25) is 0 Å². The van der Waals surface area contributed by atoms with Crippen molar-refractivity contribution in [1.82, 2.24) is 0 Å². The molecule has 0 unspecified atom stereocenters. The van der Waals surface area contributed by atoms with Gasteiger partial charge in [-0.05, 0) is 37.7 Å². The van der Waals surface area contributed by atoms with Gasteiger partial charge in [0.1, 0.15) is 5.76 Å². The Bertz CT molecular complexity index is 241. The van der Waals surface area contributed by atoms with Gasteiger partial charge in [0.25, 0.3) is 0 Å². The molecule has 1 aromatic rings. The summed E-state index contributed by atoms with van der Waals surface area (Å²) >= 11 is 5.00. The lowest BCUT2D eigenvalue weighted by Gasteiger charge is -2.02. The lowest BCUT2D eigenvalue weighted by Crippen LogP contribution is -2.01. The van der Waals surface area contributed by atoms with Crippen LogP contribution in [-0.4, -0.2) is 11.7 Å². The summed E-state index contributed by atoms with van der Waals surface area (Å²) in [7, 11) is 0. The average Bonchev–Trinajstić information content (AvgIpc) is 2.57. The molecule has 0 fully saturated rings. The third kappa shape index (κ3) is 4.08. The summed E-state index contributed by atoms with van der Waals surface area (Å²) in [5, 5.41) is 0.703. The number of thiocarbonyl (C=S) groups is 1. The average molecular weight is 198 g/mol. The third-order valence-electron chi connectivity index (χ3n) is 1.69. The Labute approximate surface area is 83.9 Å². The molecule has 0 aromatic carbocycles. The van der Waals surface area contributed by atoms with Gasteiger partial charge in [-0.3, -0.25) is 0 Å². The molecule has 0 aliphatic carbocycles. The summed E-state index contributed by atoms with van der Waals surface area (Å²) in [6.07, 6.45) is 4.45. The minimum Gasteiger partial charge on any atom is -0.487 e. The van der Waals surface area contributed by atoms with Gasteiger partial charge in [-0.1, -0.05) is 0 Å². The van der Waals surface area contributed by atoms with E-state index in [1.54, 1.807) is 6.26 Å². The molecule has 0 amide bonds. The first-order valence-electron chi connectivity index (χ1n) is 4.51. The molecule has 0 spiro atoms. The van der Waals surface area contributed by atoms with Crippen molar-refractivity contribution in [2.45, 2.75) is 26.2 Å². The van der Waals surface area contributed by atoms with Gasteiger partial charge >= 0.3 is 0 Å². The van der Waals surface area contributed by atoms with Crippen molar-refractivity contribution >= 4 is 17.3 Å². The van der Waals surface area contributed by atoms with E-state index < -0.39 is 0 Å². The van der Waals surface area contributed by atoms with Crippen LogP contribution in [0.25, 0.3) is 0 Å². The first-order valence-corrected chi connectivity index (χ1v) is 4.91. The lowest BCUT2D eigenvalue weighted by molar-refractivity contribution is 0.325. The first-order chi connectivity index (χ1) is 6.33. The zero-order valence-corrected chi connectivity index (χ0v) is 8.60. The van der Waals surface area contributed by atoms with Crippen molar-refractivity contribution in [2.75, 3.05) is 6.61 Å². The molecule has 3 heteroatoms. The standard InChI is InChI=1S/C10H14O2S/c1-2-11-10(13)7-3-5-9-6-4-8-12-9/h4,6,8H,2-3,5,7H2,1H3. The van der Waals surface area contributed by atoms with E-state index in [2.05, 4.69) is 0 Å². The first kappa shape index (κ1) is 10.3. The Balaban J connectivity index is 2.11. The van der Waals surface area contributed by atoms with Crippen molar-refractivity contribution in [2.24, 2.45) is 0 Å². The van der Waals surface area contributed by atoms with Crippen LogP contribution in [-0.2, 0) is 11.2 Å². The summed E-state index contributed by atoms with van der Waals surface area (Å²) in [6, 6.07) is 3.87. The fourth-order valence-electron chi connectivity index (χ4n) is 1.09. The van der Waals surface area contributed by atoms with Crippen LogP contribution in [0.4, 0.5) is 0 Å². The largest absolute Gasteiger partial charge is 0.487 e. The molecule has 13 heavy (non-hydrogen) atoms. The highest BCUT2D eigenvalue weighted by molar-refractivity contribution is 7.80. The maximum Gasteiger partial charge on any atom is 0.159 e. The Morgan fingerprint density at radius 3 is 3.08 bits per heavy atom. The van der Waals surface area contributed by atoms with Crippen LogP contribution in [0.5, 0.6) is 0 Å². The van der Waals surface area contributed by atoms with E-state index in [-0.39, 0.29) is 0 Å². The van der Waals surface area contributed by atoms with Gasteiger partial charge in [-0.2, -0.15) is 0 Å². The smallest absolute Gasteiger partial charge is 0.159 e. The van der Waals surface area contributed by atoms with Crippen LogP contribution in [0.15, 0.2) is 22.8 Å². The lowest BCUT2D eigenvalue weighted by atomic mass is 10.2. The van der Waals surface area contributed by atoms with E-state index in [0.717, 1.165) is 25.0 Å². The second kappa shape index (κ2) is 5.75. The number of aryl methyl sites for hydroxylation is 1. The van der Waals surface area contributed by atoms with E-state index in [1.165, 1.54) is 0 Å². The molecule has 2 nitrogen and oxygen atoms in total. The number of hydrogen-bond acceptors (Lipinski definition) is 3. The molecule has 0 N–H and O–H groups in total. The van der Waals surface area contributed by atoms with E-state index >= 15 is 0 Å². The van der Waals surface area contributed by atoms with Crippen molar-refractivity contribution in [3.8, 4) is 0 Å². The minimum absolute atomic E-state index is 0.666. The predicted molar refractivity (Wildman–Crippen MR) is 55.9 cm³/mol. The van der Waals surface area contributed by atoms with Gasteiger partial charge in [-0.15, -0.1) is 0 Å². The van der Waals surface area contributed by atoms with Crippen molar-refractivity contribution in [1.29, 1.82) is 0 Å². The van der Waals surface area contributed by atoms with E-state index in [4.69, 9.17) is 21.4 Å². The van der Waals surface area contributed by atoms with Crippen LogP contribution >= 0.6 is 12.2 Å². The summed E-state index contributed by atoms with van der Waals surface area (Å²) < 4.78 is 10.4. The molecule has 1 rings (SSSR count). The van der Waals surface area contributed by atoms with Gasteiger partial charge in [0.2, 0.25) is 0 Å². The highest BCUT2D eigenvalue weighted by Gasteiger charge is 1.99. The molecular formula is C10H14O2S. The fourth-order valence-corrected chi connectivity index (χ4v) is 1.36. The Morgan fingerprint density at radius 2 is 2.46 bits per heavy atom. The summed E-state index contributed by atoms with van der Waals surface area (Å²) in [5.74, 6) is 1.01. The Morgan fingerprint density at radius 1 is 1.62 bits per heavy atom. The number of rotatable bonds is 5. The van der Waals surface area contributed by atoms with E-state index in [1.807, 2.05) is 19.1 Å². The second-order valence-electron chi connectivity index (χ2n) is 2.74. The van der Waals surface area contributed by atoms with Gasteiger partial charge in [0.15, 0.2) is 5.05 Å². The minimum atomic E-state index is 0.666. The summed E-state index contributed by atoms with van der Waals surface area (Å²) in [5.41, 5.74) is 0. The molecular weight excluding hydrogens is 184 g/mol. The van der Waals surface area contributed by atoms with Crippen molar-refractivity contribution in [3.63, 3.8) is 0 Å². The van der Waals surface area contributed by atoms with Gasteiger partial charge in [0, 0.05) is 12.8 Å². The van der Waals surface area contributed by atoms with Gasteiger partial charge in [0.05, 0.1) is 12.9 Å². The summed E-state index contributed by atoms with van der Waals surface area (Å²) in [6.45, 7) is 2.61. The van der Waals surface area contributed by atoms with Crippen molar-refractivity contribution in [3.05, 3.63) is 24.2 Å². The monoisotopic (exact) mass is 198 g/mol. The van der Waals surface area contributed by atoms with Gasteiger partial charge < -0.3 is 9.15 Å². The molecule has 0 saturated heterocycles. The van der Waals surface area contributed by atoms with Crippen LogP contribution in [0, 0.1) is 0 Å². The second-order valence-corrected chi connectivity index (χ2v) is 3.19. The molecule has 1 heterocycles. The quantitative estimate of drug-likeness (QED) is 0.679. The molecule has 0 radical (unpaired) electrons. The van der Waals surface area contributed by atoms with Crippen LogP contribution < -0.4 is 0 Å². The maximum atomic E-state index is 5.19. The highest BCUT2D eigenvalue weighted by atomic mass is 32.1. The molecule has 0 atom stereocenters. The predicted octanol–water partition coefficient (Wildman–Crippen LogP) is 2.97. The van der Waals surface area contributed by atoms with E-state index in [9.17, 15) is 0 Å².